The molecule has 0 radical (unpaired) electrons. The van der Waals surface area contributed by atoms with Crippen molar-refractivity contribution >= 4 is 11.9 Å². The molecule has 6 nitrogen and oxygen atoms in total. The highest BCUT2D eigenvalue weighted by atomic mass is 16.5. The summed E-state index contributed by atoms with van der Waals surface area (Å²) < 4.78 is 6.02. The van der Waals surface area contributed by atoms with Crippen LogP contribution >= 0.6 is 0 Å². The van der Waals surface area contributed by atoms with Crippen molar-refractivity contribution in [3.05, 3.63) is 47.3 Å². The van der Waals surface area contributed by atoms with E-state index in [1.165, 1.54) is 18.0 Å². The number of hydrogen-bond donors (Lipinski definition) is 1. The first-order valence-corrected chi connectivity index (χ1v) is 6.82. The number of primary amides is 1. The number of ether oxygens (including phenoxy) is 1. The first-order valence-electron chi connectivity index (χ1n) is 6.82. The zero-order valence-corrected chi connectivity index (χ0v) is 13.1. The van der Waals surface area contributed by atoms with E-state index in [-0.39, 0.29) is 16.7 Å². The van der Waals surface area contributed by atoms with Crippen LogP contribution in [0.5, 0.6) is 0 Å². The van der Waals surface area contributed by atoms with Gasteiger partial charge >= 0.3 is 5.97 Å². The van der Waals surface area contributed by atoms with Gasteiger partial charge in [-0.2, -0.15) is 5.10 Å². The second-order valence-electron chi connectivity index (χ2n) is 5.97. The van der Waals surface area contributed by atoms with Gasteiger partial charge in [0.05, 0.1) is 19.0 Å². The minimum absolute atomic E-state index is 0.0120. The number of hydrogen-bond acceptors (Lipinski definition) is 4. The molecule has 2 N–H and O–H groups in total. The van der Waals surface area contributed by atoms with Crippen molar-refractivity contribution in [3.8, 4) is 5.69 Å². The predicted octanol–water partition coefficient (Wildman–Crippen LogP) is 2.06. The summed E-state index contributed by atoms with van der Waals surface area (Å²) in [6, 6.07) is 7.59. The number of benzene rings is 1. The highest BCUT2D eigenvalue weighted by molar-refractivity contribution is 6.03. The van der Waals surface area contributed by atoms with Crippen molar-refractivity contribution in [2.24, 2.45) is 5.73 Å². The van der Waals surface area contributed by atoms with E-state index in [1.807, 2.05) is 18.2 Å². The van der Waals surface area contributed by atoms with Gasteiger partial charge in [-0.1, -0.05) is 32.9 Å². The van der Waals surface area contributed by atoms with E-state index in [1.54, 1.807) is 6.07 Å². The lowest BCUT2D eigenvalue weighted by Gasteiger charge is -2.20. The maximum Gasteiger partial charge on any atom is 0.341 e. The zero-order valence-electron chi connectivity index (χ0n) is 13.1. The van der Waals surface area contributed by atoms with Gasteiger partial charge in [-0.05, 0) is 23.1 Å². The summed E-state index contributed by atoms with van der Waals surface area (Å²) in [5, 5.41) is 4.11. The summed E-state index contributed by atoms with van der Waals surface area (Å²) in [4.78, 5) is 23.5. The number of rotatable bonds is 3. The molecule has 1 aromatic carbocycles. The van der Waals surface area contributed by atoms with Gasteiger partial charge in [0, 0.05) is 0 Å². The Morgan fingerprint density at radius 3 is 2.50 bits per heavy atom. The molecule has 2 aromatic rings. The van der Waals surface area contributed by atoms with Gasteiger partial charge in [0.1, 0.15) is 11.3 Å². The quantitative estimate of drug-likeness (QED) is 0.879. The molecule has 0 saturated heterocycles. The highest BCUT2D eigenvalue weighted by Crippen LogP contribution is 2.25. The van der Waals surface area contributed by atoms with E-state index in [2.05, 4.69) is 30.6 Å². The molecule has 1 heterocycles. The second kappa shape index (κ2) is 5.63. The van der Waals surface area contributed by atoms with Crippen molar-refractivity contribution in [2.45, 2.75) is 26.2 Å². The number of nitrogens with two attached hydrogens (primary N) is 1. The van der Waals surface area contributed by atoms with E-state index in [0.717, 1.165) is 5.56 Å². The van der Waals surface area contributed by atoms with Crippen LogP contribution < -0.4 is 5.73 Å². The Balaban J connectivity index is 2.61. The van der Waals surface area contributed by atoms with E-state index >= 15 is 0 Å². The Bertz CT molecular complexity index is 726. The lowest BCUT2D eigenvalue weighted by molar-refractivity contribution is 0.0597. The monoisotopic (exact) mass is 301 g/mol. The summed E-state index contributed by atoms with van der Waals surface area (Å²) in [6.45, 7) is 6.26. The number of carbonyl (C=O) groups excluding carboxylic acids is 2. The van der Waals surface area contributed by atoms with Crippen LogP contribution in [0.15, 0.2) is 30.5 Å². The van der Waals surface area contributed by atoms with Crippen LogP contribution in [0, 0.1) is 0 Å². The molecule has 0 aliphatic rings. The Morgan fingerprint density at radius 1 is 1.27 bits per heavy atom. The van der Waals surface area contributed by atoms with Crippen molar-refractivity contribution in [2.75, 3.05) is 7.11 Å². The van der Waals surface area contributed by atoms with E-state index in [0.29, 0.717) is 5.69 Å². The molecule has 116 valence electrons. The molecule has 0 atom stereocenters. The van der Waals surface area contributed by atoms with Crippen LogP contribution in [0.1, 0.15) is 47.2 Å². The molecule has 1 aromatic heterocycles. The van der Waals surface area contributed by atoms with Crippen molar-refractivity contribution in [1.29, 1.82) is 0 Å². The van der Waals surface area contributed by atoms with Crippen LogP contribution in [-0.4, -0.2) is 28.8 Å². The average Bonchev–Trinajstić information content (AvgIpc) is 2.90. The first kappa shape index (κ1) is 15.8. The Kier molecular flexibility index (Phi) is 4.03. The van der Waals surface area contributed by atoms with E-state index in [4.69, 9.17) is 5.73 Å². The second-order valence-corrected chi connectivity index (χ2v) is 5.97. The van der Waals surface area contributed by atoms with Gasteiger partial charge < -0.3 is 10.5 Å². The smallest absolute Gasteiger partial charge is 0.341 e. The molecule has 1 amide bonds. The fourth-order valence-corrected chi connectivity index (χ4v) is 2.14. The molecule has 0 fully saturated rings. The average molecular weight is 301 g/mol. The third-order valence-electron chi connectivity index (χ3n) is 3.36. The zero-order chi connectivity index (χ0) is 16.5. The van der Waals surface area contributed by atoms with Crippen molar-refractivity contribution in [3.63, 3.8) is 0 Å². The van der Waals surface area contributed by atoms with Crippen LogP contribution in [0.3, 0.4) is 0 Å². The maximum atomic E-state index is 11.7. The Morgan fingerprint density at radius 2 is 1.95 bits per heavy atom. The Hall–Kier alpha value is -2.63. The number of amides is 1. The number of carbonyl (C=O) groups is 2. The van der Waals surface area contributed by atoms with Gasteiger partial charge in [-0.15, -0.1) is 0 Å². The summed E-state index contributed by atoms with van der Waals surface area (Å²) in [7, 11) is 1.24. The van der Waals surface area contributed by atoms with Gasteiger partial charge in [0.25, 0.3) is 5.91 Å². The lowest BCUT2D eigenvalue weighted by atomic mass is 9.87. The van der Waals surface area contributed by atoms with Crippen LogP contribution in [-0.2, 0) is 10.2 Å². The molecule has 0 saturated carbocycles. The van der Waals surface area contributed by atoms with Crippen LogP contribution in [0.25, 0.3) is 5.69 Å². The number of methoxy groups -OCH3 is 1. The Labute approximate surface area is 128 Å². The van der Waals surface area contributed by atoms with Crippen molar-refractivity contribution < 1.29 is 14.3 Å². The van der Waals surface area contributed by atoms with E-state index in [9.17, 15) is 9.59 Å². The molecule has 6 heteroatoms. The van der Waals surface area contributed by atoms with Crippen LogP contribution in [0.4, 0.5) is 0 Å². The normalized spacial score (nSPS) is 11.3. The molecule has 0 unspecified atom stereocenters. The SMILES string of the molecule is COC(=O)c1cnn(-c2cccc(C(C)(C)C)c2)c1C(N)=O. The summed E-state index contributed by atoms with van der Waals surface area (Å²) in [5.41, 5.74) is 7.16. The molecule has 0 aliphatic carbocycles. The third-order valence-corrected chi connectivity index (χ3v) is 3.36. The minimum atomic E-state index is -0.737. The largest absolute Gasteiger partial charge is 0.465 e. The topological polar surface area (TPSA) is 87.2 Å². The molecule has 0 spiro atoms. The van der Waals surface area contributed by atoms with Gasteiger partial charge in [0.2, 0.25) is 0 Å². The number of esters is 1. The highest BCUT2D eigenvalue weighted by Gasteiger charge is 2.23. The van der Waals surface area contributed by atoms with Gasteiger partial charge in [-0.3, -0.25) is 4.79 Å². The molecule has 22 heavy (non-hydrogen) atoms. The minimum Gasteiger partial charge on any atom is -0.465 e. The molecular formula is C16H19N3O3. The van der Waals surface area contributed by atoms with E-state index < -0.39 is 11.9 Å². The van der Waals surface area contributed by atoms with Crippen molar-refractivity contribution in [1.82, 2.24) is 9.78 Å². The molecule has 2 rings (SSSR count). The fraction of sp³-hybridized carbons (Fsp3) is 0.312. The standard InChI is InChI=1S/C16H19N3O3/c1-16(2,3)10-6-5-7-11(8-10)19-13(14(17)20)12(9-18-19)15(21)22-4/h5-9H,1-4H3,(H2,17,20). The van der Waals surface area contributed by atoms with Gasteiger partial charge in [-0.25, -0.2) is 9.48 Å². The number of nitrogens with zero attached hydrogens (tertiary/aromatic N) is 2. The van der Waals surface area contributed by atoms with Gasteiger partial charge in [0.15, 0.2) is 0 Å². The fourth-order valence-electron chi connectivity index (χ4n) is 2.14. The summed E-state index contributed by atoms with van der Waals surface area (Å²) in [6.07, 6.45) is 1.29. The summed E-state index contributed by atoms with van der Waals surface area (Å²) in [5.74, 6) is -1.38. The molecule has 0 aliphatic heterocycles. The number of aromatic nitrogens is 2. The molecular weight excluding hydrogens is 282 g/mol. The lowest BCUT2D eigenvalue weighted by Crippen LogP contribution is -2.21. The molecule has 0 bridgehead atoms. The maximum absolute atomic E-state index is 11.7. The third kappa shape index (κ3) is 2.86. The van der Waals surface area contributed by atoms with Crippen LogP contribution in [0.2, 0.25) is 0 Å². The first-order chi connectivity index (χ1) is 10.3. The summed E-state index contributed by atoms with van der Waals surface area (Å²) >= 11 is 0. The predicted molar refractivity (Wildman–Crippen MR) is 82.1 cm³/mol.